The summed E-state index contributed by atoms with van der Waals surface area (Å²) in [5, 5.41) is 14.1. The van der Waals surface area contributed by atoms with Gasteiger partial charge in [0.25, 0.3) is 0 Å². The molecule has 1 unspecified atom stereocenters. The number of urea groups is 1. The summed E-state index contributed by atoms with van der Waals surface area (Å²) in [5.74, 6) is -0.495. The van der Waals surface area contributed by atoms with E-state index < -0.39 is 17.5 Å². The SMILES string of the molecule is O=C(NCc1ccco1)NC1(C(=O)O)CCOC1. The Morgan fingerprint density at radius 1 is 1.50 bits per heavy atom. The molecule has 7 nitrogen and oxygen atoms in total. The summed E-state index contributed by atoms with van der Waals surface area (Å²) in [6.45, 7) is 0.511. The van der Waals surface area contributed by atoms with Gasteiger partial charge in [-0.15, -0.1) is 0 Å². The molecule has 1 atom stereocenters. The normalized spacial score (nSPS) is 22.7. The van der Waals surface area contributed by atoms with E-state index in [2.05, 4.69) is 10.6 Å². The highest BCUT2D eigenvalue weighted by molar-refractivity contribution is 5.86. The van der Waals surface area contributed by atoms with Gasteiger partial charge < -0.3 is 24.9 Å². The van der Waals surface area contributed by atoms with Gasteiger partial charge >= 0.3 is 12.0 Å². The average molecular weight is 254 g/mol. The van der Waals surface area contributed by atoms with E-state index in [1.807, 2.05) is 0 Å². The van der Waals surface area contributed by atoms with Crippen molar-refractivity contribution in [3.8, 4) is 0 Å². The van der Waals surface area contributed by atoms with Crippen molar-refractivity contribution in [2.45, 2.75) is 18.5 Å². The van der Waals surface area contributed by atoms with Crippen LogP contribution in [0.3, 0.4) is 0 Å². The molecule has 1 fully saturated rings. The molecule has 1 aliphatic rings. The highest BCUT2D eigenvalue weighted by Gasteiger charge is 2.43. The minimum absolute atomic E-state index is 0.0174. The summed E-state index contributed by atoms with van der Waals surface area (Å²) in [6.07, 6.45) is 1.76. The summed E-state index contributed by atoms with van der Waals surface area (Å²) < 4.78 is 10.1. The lowest BCUT2D eigenvalue weighted by Gasteiger charge is -2.23. The minimum atomic E-state index is -1.33. The summed E-state index contributed by atoms with van der Waals surface area (Å²) in [4.78, 5) is 22.8. The maximum absolute atomic E-state index is 11.6. The van der Waals surface area contributed by atoms with E-state index in [4.69, 9.17) is 14.3 Å². The number of hydrogen-bond acceptors (Lipinski definition) is 4. The van der Waals surface area contributed by atoms with Crippen LogP contribution in [0.4, 0.5) is 4.79 Å². The molecule has 1 aromatic rings. The minimum Gasteiger partial charge on any atom is -0.479 e. The Kier molecular flexibility index (Phi) is 3.52. The third-order valence-corrected chi connectivity index (χ3v) is 2.79. The summed E-state index contributed by atoms with van der Waals surface area (Å²) in [5.41, 5.74) is -1.33. The standard InChI is InChI=1S/C11H14N2O5/c14-9(15)11(3-5-17-7-11)13-10(16)12-6-8-2-1-4-18-8/h1-2,4H,3,5-7H2,(H,14,15)(H2,12,13,16). The van der Waals surface area contributed by atoms with Gasteiger partial charge in [-0.05, 0) is 12.1 Å². The molecule has 0 bridgehead atoms. The molecule has 98 valence electrons. The topological polar surface area (TPSA) is 101 Å². The van der Waals surface area contributed by atoms with E-state index in [0.717, 1.165) is 0 Å². The third kappa shape index (κ3) is 2.62. The number of amides is 2. The maximum Gasteiger partial charge on any atom is 0.332 e. The summed E-state index contributed by atoms with van der Waals surface area (Å²) in [6, 6.07) is 2.86. The van der Waals surface area contributed by atoms with Crippen molar-refractivity contribution in [2.24, 2.45) is 0 Å². The van der Waals surface area contributed by atoms with Crippen LogP contribution in [0.2, 0.25) is 0 Å². The Bertz CT molecular complexity index is 423. The molecule has 0 aliphatic carbocycles. The first-order valence-electron chi connectivity index (χ1n) is 5.52. The molecule has 2 rings (SSSR count). The number of carbonyl (C=O) groups excluding carboxylic acids is 1. The highest BCUT2D eigenvalue weighted by Crippen LogP contribution is 2.18. The van der Waals surface area contributed by atoms with Gasteiger partial charge in [0.15, 0.2) is 5.54 Å². The molecule has 7 heteroatoms. The van der Waals surface area contributed by atoms with Gasteiger partial charge in [0.1, 0.15) is 5.76 Å². The Morgan fingerprint density at radius 3 is 2.89 bits per heavy atom. The van der Waals surface area contributed by atoms with Crippen LogP contribution in [0.25, 0.3) is 0 Å². The van der Waals surface area contributed by atoms with Gasteiger partial charge in [0, 0.05) is 13.0 Å². The van der Waals surface area contributed by atoms with Crippen molar-refractivity contribution in [3.05, 3.63) is 24.2 Å². The summed E-state index contributed by atoms with van der Waals surface area (Å²) in [7, 11) is 0. The smallest absolute Gasteiger partial charge is 0.332 e. The van der Waals surface area contributed by atoms with E-state index in [0.29, 0.717) is 12.4 Å². The van der Waals surface area contributed by atoms with Crippen LogP contribution in [0.1, 0.15) is 12.2 Å². The van der Waals surface area contributed by atoms with Crippen LogP contribution in [0.5, 0.6) is 0 Å². The lowest BCUT2D eigenvalue weighted by atomic mass is 9.99. The first-order chi connectivity index (χ1) is 8.62. The number of carbonyl (C=O) groups is 2. The lowest BCUT2D eigenvalue weighted by Crippen LogP contribution is -2.57. The van der Waals surface area contributed by atoms with Crippen molar-refractivity contribution in [2.75, 3.05) is 13.2 Å². The van der Waals surface area contributed by atoms with E-state index in [1.165, 1.54) is 6.26 Å². The van der Waals surface area contributed by atoms with Crippen LogP contribution in [-0.2, 0) is 16.1 Å². The first-order valence-corrected chi connectivity index (χ1v) is 5.52. The molecule has 0 radical (unpaired) electrons. The zero-order valence-electron chi connectivity index (χ0n) is 9.64. The predicted octanol–water partition coefficient (Wildman–Crippen LogP) is 0.322. The van der Waals surface area contributed by atoms with Crippen LogP contribution in [-0.4, -0.2) is 35.9 Å². The molecular formula is C11H14N2O5. The Morgan fingerprint density at radius 2 is 2.33 bits per heavy atom. The molecule has 0 aromatic carbocycles. The molecule has 2 amide bonds. The van der Waals surface area contributed by atoms with E-state index in [9.17, 15) is 9.59 Å². The number of carboxylic acids is 1. The number of rotatable bonds is 4. The number of nitrogens with one attached hydrogen (secondary N) is 2. The monoisotopic (exact) mass is 254 g/mol. The Hall–Kier alpha value is -2.02. The number of furan rings is 1. The molecular weight excluding hydrogens is 240 g/mol. The Labute approximate surface area is 103 Å². The van der Waals surface area contributed by atoms with Crippen molar-refractivity contribution in [1.29, 1.82) is 0 Å². The average Bonchev–Trinajstić information content (AvgIpc) is 2.97. The van der Waals surface area contributed by atoms with Crippen LogP contribution in [0.15, 0.2) is 22.8 Å². The molecule has 1 saturated heterocycles. The second-order valence-electron chi connectivity index (χ2n) is 4.08. The molecule has 1 aliphatic heterocycles. The van der Waals surface area contributed by atoms with Crippen molar-refractivity contribution in [1.82, 2.24) is 10.6 Å². The van der Waals surface area contributed by atoms with E-state index in [-0.39, 0.29) is 19.6 Å². The number of hydrogen-bond donors (Lipinski definition) is 3. The fourth-order valence-corrected chi connectivity index (χ4v) is 1.73. The van der Waals surface area contributed by atoms with Gasteiger partial charge in [-0.1, -0.05) is 0 Å². The highest BCUT2D eigenvalue weighted by atomic mass is 16.5. The van der Waals surface area contributed by atoms with Gasteiger partial charge in [0.2, 0.25) is 0 Å². The van der Waals surface area contributed by atoms with E-state index >= 15 is 0 Å². The quantitative estimate of drug-likeness (QED) is 0.718. The fraction of sp³-hybridized carbons (Fsp3) is 0.455. The Balaban J connectivity index is 1.88. The first kappa shape index (κ1) is 12.4. The molecule has 2 heterocycles. The van der Waals surface area contributed by atoms with Gasteiger partial charge in [-0.3, -0.25) is 0 Å². The van der Waals surface area contributed by atoms with Gasteiger partial charge in [-0.25, -0.2) is 9.59 Å². The van der Waals surface area contributed by atoms with Crippen LogP contribution in [0, 0.1) is 0 Å². The van der Waals surface area contributed by atoms with Crippen molar-refractivity contribution < 1.29 is 23.8 Å². The molecule has 1 aromatic heterocycles. The van der Waals surface area contributed by atoms with Crippen molar-refractivity contribution >= 4 is 12.0 Å². The molecule has 0 saturated carbocycles. The molecule has 18 heavy (non-hydrogen) atoms. The largest absolute Gasteiger partial charge is 0.479 e. The van der Waals surface area contributed by atoms with Gasteiger partial charge in [0.05, 0.1) is 19.4 Å². The van der Waals surface area contributed by atoms with Gasteiger partial charge in [-0.2, -0.15) is 0 Å². The van der Waals surface area contributed by atoms with Crippen LogP contribution < -0.4 is 10.6 Å². The third-order valence-electron chi connectivity index (χ3n) is 2.79. The van der Waals surface area contributed by atoms with Crippen molar-refractivity contribution in [3.63, 3.8) is 0 Å². The number of carboxylic acid groups (broad SMARTS) is 1. The lowest BCUT2D eigenvalue weighted by molar-refractivity contribution is -0.144. The zero-order chi connectivity index (χ0) is 13.0. The fourth-order valence-electron chi connectivity index (χ4n) is 1.73. The number of ether oxygens (including phenoxy) is 1. The number of aliphatic carboxylic acids is 1. The zero-order valence-corrected chi connectivity index (χ0v) is 9.64. The second kappa shape index (κ2) is 5.09. The van der Waals surface area contributed by atoms with E-state index in [1.54, 1.807) is 12.1 Å². The second-order valence-corrected chi connectivity index (χ2v) is 4.08. The maximum atomic E-state index is 11.6. The molecule has 0 spiro atoms. The van der Waals surface area contributed by atoms with Crippen LogP contribution >= 0.6 is 0 Å². The molecule has 3 N–H and O–H groups in total. The summed E-state index contributed by atoms with van der Waals surface area (Å²) >= 11 is 0. The predicted molar refractivity (Wildman–Crippen MR) is 59.9 cm³/mol.